The molecule has 9 heteroatoms. The van der Waals surface area contributed by atoms with Crippen LogP contribution in [-0.2, 0) is 11.3 Å². The van der Waals surface area contributed by atoms with Gasteiger partial charge < -0.3 is 25.6 Å². The second-order valence-corrected chi connectivity index (χ2v) is 6.26. The van der Waals surface area contributed by atoms with Gasteiger partial charge in [-0.1, -0.05) is 23.2 Å². The van der Waals surface area contributed by atoms with Crippen molar-refractivity contribution in [2.24, 2.45) is 5.73 Å². The first-order valence-corrected chi connectivity index (χ1v) is 8.70. The molecule has 0 unspecified atom stereocenters. The number of carbonyl (C=O) groups excluding carboxylic acids is 1. The molecule has 0 heterocycles. The highest BCUT2D eigenvalue weighted by atomic mass is 35.5. The Hall–Kier alpha value is -2.64. The average molecular weight is 413 g/mol. The molecule has 27 heavy (non-hydrogen) atoms. The number of nitrogens with one attached hydrogen (secondary N) is 1. The van der Waals surface area contributed by atoms with E-state index in [0.717, 1.165) is 5.56 Å². The van der Waals surface area contributed by atoms with Crippen molar-refractivity contribution in [2.45, 2.75) is 13.5 Å². The number of aromatic carboxylic acids is 1. The van der Waals surface area contributed by atoms with Crippen molar-refractivity contribution in [1.82, 2.24) is 0 Å². The van der Waals surface area contributed by atoms with Gasteiger partial charge >= 0.3 is 5.97 Å². The van der Waals surface area contributed by atoms with Crippen molar-refractivity contribution in [1.29, 1.82) is 0 Å². The van der Waals surface area contributed by atoms with Crippen LogP contribution < -0.4 is 20.5 Å². The van der Waals surface area contributed by atoms with Crippen molar-refractivity contribution in [3.63, 3.8) is 0 Å². The highest BCUT2D eigenvalue weighted by molar-refractivity contribution is 6.33. The summed E-state index contributed by atoms with van der Waals surface area (Å²) in [5, 5.41) is 12.8. The van der Waals surface area contributed by atoms with Gasteiger partial charge in [-0.15, -0.1) is 0 Å². The van der Waals surface area contributed by atoms with Gasteiger partial charge in [0.1, 0.15) is 0 Å². The number of carboxylic acids is 1. The molecule has 7 nitrogen and oxygen atoms in total. The molecule has 0 fully saturated rings. The summed E-state index contributed by atoms with van der Waals surface area (Å²) in [6.45, 7) is 2.15. The van der Waals surface area contributed by atoms with Crippen LogP contribution in [0.4, 0.5) is 5.69 Å². The Kier molecular flexibility index (Phi) is 7.15. The number of halogens is 2. The average Bonchev–Trinajstić information content (AvgIpc) is 2.60. The van der Waals surface area contributed by atoms with Gasteiger partial charge in [-0.2, -0.15) is 0 Å². The molecule has 0 radical (unpaired) electrons. The van der Waals surface area contributed by atoms with Crippen LogP contribution in [-0.4, -0.2) is 30.2 Å². The summed E-state index contributed by atoms with van der Waals surface area (Å²) in [5.74, 6) is -1.08. The fourth-order valence-corrected chi connectivity index (χ4v) is 2.73. The first kappa shape index (κ1) is 20.7. The maximum atomic E-state index is 11.1. The van der Waals surface area contributed by atoms with Gasteiger partial charge in [-0.25, -0.2) is 4.79 Å². The van der Waals surface area contributed by atoms with Gasteiger partial charge in [0.15, 0.2) is 18.1 Å². The van der Waals surface area contributed by atoms with Crippen molar-refractivity contribution < 1.29 is 24.2 Å². The Morgan fingerprint density at radius 1 is 1.15 bits per heavy atom. The number of anilines is 1. The minimum atomic E-state index is -1.05. The van der Waals surface area contributed by atoms with E-state index in [2.05, 4.69) is 5.32 Å². The van der Waals surface area contributed by atoms with E-state index in [4.69, 9.17) is 43.5 Å². The molecule has 0 bridgehead atoms. The van der Waals surface area contributed by atoms with Crippen LogP contribution in [0.3, 0.4) is 0 Å². The number of rotatable bonds is 9. The van der Waals surface area contributed by atoms with Crippen molar-refractivity contribution >= 4 is 40.8 Å². The van der Waals surface area contributed by atoms with Crippen LogP contribution in [0.5, 0.6) is 11.5 Å². The Morgan fingerprint density at radius 3 is 2.52 bits per heavy atom. The first-order valence-electron chi connectivity index (χ1n) is 7.94. The topological polar surface area (TPSA) is 111 Å². The summed E-state index contributed by atoms with van der Waals surface area (Å²) in [5.41, 5.74) is 6.42. The summed E-state index contributed by atoms with van der Waals surface area (Å²) < 4.78 is 10.8. The lowest BCUT2D eigenvalue weighted by molar-refractivity contribution is -0.119. The van der Waals surface area contributed by atoms with E-state index < -0.39 is 11.9 Å². The van der Waals surface area contributed by atoms with E-state index in [1.54, 1.807) is 19.1 Å². The van der Waals surface area contributed by atoms with Crippen LogP contribution in [0.25, 0.3) is 0 Å². The lowest BCUT2D eigenvalue weighted by Crippen LogP contribution is -2.20. The lowest BCUT2D eigenvalue weighted by atomic mass is 10.1. The third kappa shape index (κ3) is 5.67. The zero-order valence-corrected chi connectivity index (χ0v) is 15.9. The van der Waals surface area contributed by atoms with E-state index in [1.807, 2.05) is 0 Å². The van der Waals surface area contributed by atoms with E-state index in [1.165, 1.54) is 18.2 Å². The van der Waals surface area contributed by atoms with Crippen LogP contribution in [0.1, 0.15) is 22.8 Å². The number of hydrogen-bond acceptors (Lipinski definition) is 5. The normalized spacial score (nSPS) is 10.3. The van der Waals surface area contributed by atoms with E-state index in [0.29, 0.717) is 29.6 Å². The number of carbonyl (C=O) groups is 2. The van der Waals surface area contributed by atoms with Crippen LogP contribution >= 0.6 is 23.2 Å². The molecule has 2 aromatic rings. The molecule has 0 spiro atoms. The smallest absolute Gasteiger partial charge is 0.335 e. The Morgan fingerprint density at radius 2 is 1.89 bits per heavy atom. The third-order valence-corrected chi connectivity index (χ3v) is 4.03. The second kappa shape index (κ2) is 9.34. The van der Waals surface area contributed by atoms with E-state index >= 15 is 0 Å². The van der Waals surface area contributed by atoms with Gasteiger partial charge in [0, 0.05) is 6.54 Å². The predicted molar refractivity (Wildman–Crippen MR) is 103 cm³/mol. The van der Waals surface area contributed by atoms with Gasteiger partial charge in [0.05, 0.1) is 27.9 Å². The first-order chi connectivity index (χ1) is 12.8. The largest absolute Gasteiger partial charge is 0.490 e. The maximum absolute atomic E-state index is 11.1. The van der Waals surface area contributed by atoms with Gasteiger partial charge in [-0.3, -0.25) is 4.79 Å². The minimum Gasteiger partial charge on any atom is -0.490 e. The fourth-order valence-electron chi connectivity index (χ4n) is 2.26. The fraction of sp³-hybridized carbons (Fsp3) is 0.222. The number of hydrogen-bond donors (Lipinski definition) is 3. The van der Waals surface area contributed by atoms with E-state index in [-0.39, 0.29) is 22.9 Å². The zero-order valence-electron chi connectivity index (χ0n) is 14.4. The maximum Gasteiger partial charge on any atom is 0.335 e. The minimum absolute atomic E-state index is 0.116. The van der Waals surface area contributed by atoms with Gasteiger partial charge in [0.25, 0.3) is 5.91 Å². The Labute approximate surface area is 166 Å². The van der Waals surface area contributed by atoms with Crippen molar-refractivity contribution in [3.05, 3.63) is 51.5 Å². The van der Waals surface area contributed by atoms with Gasteiger partial charge in [0.2, 0.25) is 0 Å². The number of carboxylic acid groups (broad SMARTS) is 1. The summed E-state index contributed by atoms with van der Waals surface area (Å²) in [7, 11) is 0. The quantitative estimate of drug-likeness (QED) is 0.580. The summed E-state index contributed by atoms with van der Waals surface area (Å²) >= 11 is 12.4. The second-order valence-electron chi connectivity index (χ2n) is 5.45. The van der Waals surface area contributed by atoms with Crippen LogP contribution in [0.2, 0.25) is 10.0 Å². The highest BCUT2D eigenvalue weighted by Gasteiger charge is 2.14. The van der Waals surface area contributed by atoms with Crippen LogP contribution in [0.15, 0.2) is 30.3 Å². The number of primary amides is 1. The van der Waals surface area contributed by atoms with Crippen LogP contribution in [0, 0.1) is 0 Å². The Balaban J connectivity index is 2.23. The molecule has 2 rings (SSSR count). The molecule has 4 N–H and O–H groups in total. The lowest BCUT2D eigenvalue weighted by Gasteiger charge is -2.15. The molecule has 0 aromatic heterocycles. The molecule has 0 aliphatic carbocycles. The predicted octanol–water partition coefficient (Wildman–Crippen LogP) is 3.57. The SMILES string of the molecule is CCOc1cc(CNc2cc(C(=O)O)ccc2Cl)cc(Cl)c1OCC(N)=O. The molecule has 0 saturated heterocycles. The third-order valence-electron chi connectivity index (χ3n) is 3.42. The molecule has 0 saturated carbocycles. The number of benzene rings is 2. The zero-order chi connectivity index (χ0) is 20.0. The van der Waals surface area contributed by atoms with Crippen molar-refractivity contribution in [2.75, 3.05) is 18.5 Å². The molecule has 2 aromatic carbocycles. The van der Waals surface area contributed by atoms with E-state index in [9.17, 15) is 9.59 Å². The summed E-state index contributed by atoms with van der Waals surface area (Å²) in [6.07, 6.45) is 0. The number of amides is 1. The van der Waals surface area contributed by atoms with Gasteiger partial charge in [-0.05, 0) is 42.8 Å². The number of ether oxygens (including phenoxy) is 2. The standard InChI is InChI=1S/C18H18Cl2N2O5/c1-2-26-15-6-10(5-13(20)17(15)27-9-16(21)23)8-22-14-7-11(18(24)25)3-4-12(14)19/h3-7,22H,2,8-9H2,1H3,(H2,21,23)(H,24,25). The highest BCUT2D eigenvalue weighted by Crippen LogP contribution is 2.37. The molecular formula is C18H18Cl2N2O5. The molecule has 0 aliphatic heterocycles. The Bertz CT molecular complexity index is 858. The molecular weight excluding hydrogens is 395 g/mol. The molecule has 0 atom stereocenters. The number of nitrogens with two attached hydrogens (primary N) is 1. The molecule has 144 valence electrons. The summed E-state index contributed by atoms with van der Waals surface area (Å²) in [4.78, 5) is 22.0. The summed E-state index contributed by atoms with van der Waals surface area (Å²) in [6, 6.07) is 7.72. The molecule has 1 amide bonds. The molecule has 0 aliphatic rings. The van der Waals surface area contributed by atoms with Crippen molar-refractivity contribution in [3.8, 4) is 11.5 Å². The monoisotopic (exact) mass is 412 g/mol.